The fourth-order valence-electron chi connectivity index (χ4n) is 1.29. The number of nitrogens with one attached hydrogen (secondary N) is 1. The molecule has 0 aromatic heterocycles. The van der Waals surface area contributed by atoms with Gasteiger partial charge in [-0.25, -0.2) is 4.79 Å². The van der Waals surface area contributed by atoms with E-state index >= 15 is 0 Å². The van der Waals surface area contributed by atoms with Gasteiger partial charge in [-0.15, -0.1) is 0 Å². The van der Waals surface area contributed by atoms with Gasteiger partial charge in [-0.1, -0.05) is 12.2 Å². The zero-order valence-corrected chi connectivity index (χ0v) is 10.2. The minimum absolute atomic E-state index is 0.213. The predicted octanol–water partition coefficient (Wildman–Crippen LogP) is 1.58. The highest BCUT2D eigenvalue weighted by atomic mass is 32.1. The third-order valence-corrected chi connectivity index (χ3v) is 2.33. The van der Waals surface area contributed by atoms with E-state index < -0.39 is 11.7 Å². The van der Waals surface area contributed by atoms with Crippen LogP contribution in [0.1, 0.15) is 33.6 Å². The van der Waals surface area contributed by atoms with Crippen molar-refractivity contribution in [3.63, 3.8) is 0 Å². The molecule has 0 spiro atoms. The Bertz CT molecular complexity index is 269. The molecular weight excluding hydrogens is 212 g/mol. The fourth-order valence-corrected chi connectivity index (χ4v) is 1.54. The number of carbonyl (C=O) groups is 1. The van der Waals surface area contributed by atoms with Crippen LogP contribution in [0.4, 0.5) is 4.79 Å². The lowest BCUT2D eigenvalue weighted by Crippen LogP contribution is -2.46. The average Bonchev–Trinajstić information content (AvgIpc) is 2.78. The van der Waals surface area contributed by atoms with Crippen molar-refractivity contribution in [3.8, 4) is 0 Å². The fraction of sp³-hybridized carbons (Fsp3) is 0.800. The SMILES string of the molecule is CC(C)(C)OC(=O)NC(C(N)=S)C1CC1. The smallest absolute Gasteiger partial charge is 0.408 e. The van der Waals surface area contributed by atoms with Gasteiger partial charge < -0.3 is 15.8 Å². The lowest BCUT2D eigenvalue weighted by atomic mass is 10.2. The minimum atomic E-state index is -0.492. The summed E-state index contributed by atoms with van der Waals surface area (Å²) in [6.45, 7) is 5.46. The van der Waals surface area contributed by atoms with E-state index in [0.29, 0.717) is 10.9 Å². The van der Waals surface area contributed by atoms with Crippen molar-refractivity contribution in [3.05, 3.63) is 0 Å². The molecule has 0 heterocycles. The van der Waals surface area contributed by atoms with E-state index in [-0.39, 0.29) is 6.04 Å². The topological polar surface area (TPSA) is 64.3 Å². The third kappa shape index (κ3) is 4.46. The van der Waals surface area contributed by atoms with E-state index in [4.69, 9.17) is 22.7 Å². The van der Waals surface area contributed by atoms with Gasteiger partial charge in [-0.2, -0.15) is 0 Å². The molecule has 1 aliphatic rings. The van der Waals surface area contributed by atoms with E-state index in [2.05, 4.69) is 5.32 Å². The van der Waals surface area contributed by atoms with Crippen LogP contribution < -0.4 is 11.1 Å². The van der Waals surface area contributed by atoms with Crippen molar-refractivity contribution in [1.29, 1.82) is 0 Å². The Morgan fingerprint density at radius 1 is 1.53 bits per heavy atom. The van der Waals surface area contributed by atoms with Gasteiger partial charge in [0.15, 0.2) is 0 Å². The number of amides is 1. The summed E-state index contributed by atoms with van der Waals surface area (Å²) in [5, 5.41) is 2.71. The van der Waals surface area contributed by atoms with E-state index in [0.717, 1.165) is 12.8 Å². The van der Waals surface area contributed by atoms with E-state index in [1.807, 2.05) is 20.8 Å². The molecule has 0 bridgehead atoms. The number of hydrogen-bond acceptors (Lipinski definition) is 3. The maximum absolute atomic E-state index is 11.5. The summed E-state index contributed by atoms with van der Waals surface area (Å²) in [6, 6.07) is -0.213. The molecule has 0 aromatic carbocycles. The van der Waals surface area contributed by atoms with E-state index in [9.17, 15) is 4.79 Å². The molecule has 5 heteroatoms. The quantitative estimate of drug-likeness (QED) is 0.722. The van der Waals surface area contributed by atoms with Crippen LogP contribution in [0.15, 0.2) is 0 Å². The molecule has 4 nitrogen and oxygen atoms in total. The number of nitrogens with two attached hydrogens (primary N) is 1. The number of hydrogen-bond donors (Lipinski definition) is 2. The summed E-state index contributed by atoms with van der Waals surface area (Å²) in [7, 11) is 0. The molecule has 15 heavy (non-hydrogen) atoms. The van der Waals surface area contributed by atoms with Gasteiger partial charge in [0.25, 0.3) is 0 Å². The molecular formula is C10H18N2O2S. The predicted molar refractivity (Wildman–Crippen MR) is 62.7 cm³/mol. The molecule has 1 rings (SSSR count). The van der Waals surface area contributed by atoms with Gasteiger partial charge in [0, 0.05) is 0 Å². The summed E-state index contributed by atoms with van der Waals surface area (Å²) in [6.07, 6.45) is 1.68. The molecule has 1 aliphatic carbocycles. The molecule has 3 N–H and O–H groups in total. The highest BCUT2D eigenvalue weighted by Crippen LogP contribution is 2.32. The summed E-state index contributed by atoms with van der Waals surface area (Å²) in [5.41, 5.74) is 5.06. The van der Waals surface area contributed by atoms with Gasteiger partial charge in [0.2, 0.25) is 0 Å². The molecule has 0 aromatic rings. The van der Waals surface area contributed by atoms with E-state index in [1.54, 1.807) is 0 Å². The van der Waals surface area contributed by atoms with Crippen LogP contribution in [0.25, 0.3) is 0 Å². The Labute approximate surface area is 95.5 Å². The third-order valence-electron chi connectivity index (χ3n) is 2.07. The normalized spacial score (nSPS) is 18.1. The van der Waals surface area contributed by atoms with Crippen LogP contribution in [-0.4, -0.2) is 22.7 Å². The second-order valence-corrected chi connectivity index (χ2v) is 5.34. The van der Waals surface area contributed by atoms with Crippen LogP contribution >= 0.6 is 12.2 Å². The lowest BCUT2D eigenvalue weighted by molar-refractivity contribution is 0.0514. The van der Waals surface area contributed by atoms with Gasteiger partial charge in [0.05, 0.1) is 11.0 Å². The van der Waals surface area contributed by atoms with Crippen molar-refractivity contribution < 1.29 is 9.53 Å². The molecule has 1 fully saturated rings. The maximum Gasteiger partial charge on any atom is 0.408 e. The molecule has 86 valence electrons. The van der Waals surface area contributed by atoms with Gasteiger partial charge >= 0.3 is 6.09 Å². The Morgan fingerprint density at radius 2 is 2.07 bits per heavy atom. The number of ether oxygens (including phenoxy) is 1. The second-order valence-electron chi connectivity index (χ2n) is 4.86. The summed E-state index contributed by atoms with van der Waals surface area (Å²) in [5.74, 6) is 0.398. The van der Waals surface area contributed by atoms with Crippen molar-refractivity contribution in [2.75, 3.05) is 0 Å². The number of thiocarbonyl (C=S) groups is 1. The molecule has 0 saturated heterocycles. The van der Waals surface area contributed by atoms with Crippen LogP contribution in [0, 0.1) is 5.92 Å². The van der Waals surface area contributed by atoms with Gasteiger partial charge in [-0.05, 0) is 39.5 Å². The molecule has 0 radical (unpaired) electrons. The van der Waals surface area contributed by atoms with Gasteiger partial charge in [-0.3, -0.25) is 0 Å². The van der Waals surface area contributed by atoms with Crippen molar-refractivity contribution >= 4 is 23.3 Å². The zero-order valence-electron chi connectivity index (χ0n) is 9.37. The number of rotatable bonds is 3. The maximum atomic E-state index is 11.5. The van der Waals surface area contributed by atoms with Crippen molar-refractivity contribution in [2.24, 2.45) is 11.7 Å². The standard InChI is InChI=1S/C10H18N2O2S/c1-10(2,3)14-9(13)12-7(8(11)15)6-4-5-6/h6-7H,4-5H2,1-3H3,(H2,11,15)(H,12,13). The van der Waals surface area contributed by atoms with Crippen LogP contribution in [0.5, 0.6) is 0 Å². The zero-order chi connectivity index (χ0) is 11.6. The Hall–Kier alpha value is -0.840. The van der Waals surface area contributed by atoms with Crippen LogP contribution in [0.2, 0.25) is 0 Å². The summed E-state index contributed by atoms with van der Waals surface area (Å²) in [4.78, 5) is 11.8. The molecule has 1 saturated carbocycles. The largest absolute Gasteiger partial charge is 0.444 e. The van der Waals surface area contributed by atoms with Crippen LogP contribution in [-0.2, 0) is 4.74 Å². The number of carbonyl (C=O) groups excluding carboxylic acids is 1. The van der Waals surface area contributed by atoms with E-state index in [1.165, 1.54) is 0 Å². The van der Waals surface area contributed by atoms with Crippen molar-refractivity contribution in [2.45, 2.75) is 45.3 Å². The minimum Gasteiger partial charge on any atom is -0.444 e. The summed E-state index contributed by atoms with van der Waals surface area (Å²) >= 11 is 4.90. The first-order valence-corrected chi connectivity index (χ1v) is 5.49. The first kappa shape index (κ1) is 12.2. The molecule has 1 amide bonds. The average molecular weight is 230 g/mol. The Balaban J connectivity index is 2.44. The van der Waals surface area contributed by atoms with Crippen LogP contribution in [0.3, 0.4) is 0 Å². The monoisotopic (exact) mass is 230 g/mol. The first-order chi connectivity index (χ1) is 6.79. The second kappa shape index (κ2) is 4.35. The molecule has 1 atom stereocenters. The number of alkyl carbamates (subject to hydrolysis) is 1. The molecule has 0 aliphatic heterocycles. The lowest BCUT2D eigenvalue weighted by Gasteiger charge is -2.23. The highest BCUT2D eigenvalue weighted by Gasteiger charge is 2.35. The van der Waals surface area contributed by atoms with Gasteiger partial charge in [0.1, 0.15) is 5.60 Å². The summed E-state index contributed by atoms with van der Waals surface area (Å²) < 4.78 is 5.13. The molecule has 1 unspecified atom stereocenters. The first-order valence-electron chi connectivity index (χ1n) is 5.08. The highest BCUT2D eigenvalue weighted by molar-refractivity contribution is 7.80. The van der Waals surface area contributed by atoms with Crippen molar-refractivity contribution in [1.82, 2.24) is 5.32 Å². The Morgan fingerprint density at radius 3 is 2.40 bits per heavy atom. The Kier molecular flexibility index (Phi) is 3.54.